The van der Waals surface area contributed by atoms with Crippen molar-refractivity contribution in [3.8, 4) is 0 Å². The van der Waals surface area contributed by atoms with Crippen LogP contribution in [0.2, 0.25) is 5.02 Å². The van der Waals surface area contributed by atoms with Gasteiger partial charge in [-0.05, 0) is 30.5 Å². The topological polar surface area (TPSA) is 12.9 Å². The van der Waals surface area contributed by atoms with E-state index in [4.69, 9.17) is 23.2 Å². The third kappa shape index (κ3) is 3.24. The summed E-state index contributed by atoms with van der Waals surface area (Å²) in [7, 11) is 0. The first-order chi connectivity index (χ1) is 8.70. The molecule has 0 fully saturated rings. The second-order valence-electron chi connectivity index (χ2n) is 4.43. The molecule has 1 nitrogen and oxygen atoms in total. The number of halogens is 2. The zero-order valence-electron chi connectivity index (χ0n) is 10.2. The number of pyridine rings is 1. The third-order valence-corrected chi connectivity index (χ3v) is 3.77. The number of hydrogen-bond acceptors (Lipinski definition) is 1. The number of nitrogens with zero attached hydrogens (tertiary/aromatic N) is 1. The van der Waals surface area contributed by atoms with Crippen molar-refractivity contribution in [1.82, 2.24) is 4.98 Å². The molecule has 1 aromatic carbocycles. The van der Waals surface area contributed by atoms with E-state index in [0.717, 1.165) is 12.0 Å². The SMILES string of the molecule is Cc1ccc(C(CCl)Cc2ccncc2Cl)cc1. The maximum Gasteiger partial charge on any atom is 0.0621 e. The molecule has 94 valence electrons. The Morgan fingerprint density at radius 3 is 2.50 bits per heavy atom. The number of alkyl halides is 1. The van der Waals surface area contributed by atoms with Crippen LogP contribution in [0.15, 0.2) is 42.7 Å². The van der Waals surface area contributed by atoms with Crippen LogP contribution in [0, 0.1) is 6.92 Å². The van der Waals surface area contributed by atoms with Gasteiger partial charge in [0, 0.05) is 24.2 Å². The fourth-order valence-electron chi connectivity index (χ4n) is 1.94. The molecule has 0 aliphatic rings. The van der Waals surface area contributed by atoms with Crippen LogP contribution in [0.4, 0.5) is 0 Å². The Balaban J connectivity index is 2.20. The lowest BCUT2D eigenvalue weighted by Crippen LogP contribution is -2.05. The summed E-state index contributed by atoms with van der Waals surface area (Å²) < 4.78 is 0. The highest BCUT2D eigenvalue weighted by Crippen LogP contribution is 2.25. The van der Waals surface area contributed by atoms with Crippen molar-refractivity contribution in [2.75, 3.05) is 5.88 Å². The Morgan fingerprint density at radius 1 is 1.17 bits per heavy atom. The number of rotatable bonds is 4. The van der Waals surface area contributed by atoms with Gasteiger partial charge in [0.2, 0.25) is 0 Å². The van der Waals surface area contributed by atoms with E-state index in [-0.39, 0.29) is 5.92 Å². The van der Waals surface area contributed by atoms with E-state index in [1.54, 1.807) is 12.4 Å². The summed E-state index contributed by atoms with van der Waals surface area (Å²) in [5.74, 6) is 0.869. The van der Waals surface area contributed by atoms with Crippen molar-refractivity contribution >= 4 is 23.2 Å². The monoisotopic (exact) mass is 279 g/mol. The Morgan fingerprint density at radius 2 is 1.89 bits per heavy atom. The quantitative estimate of drug-likeness (QED) is 0.745. The molecular weight excluding hydrogens is 265 g/mol. The van der Waals surface area contributed by atoms with E-state index in [2.05, 4.69) is 36.2 Å². The van der Waals surface area contributed by atoms with Crippen molar-refractivity contribution < 1.29 is 0 Å². The minimum atomic E-state index is 0.284. The predicted octanol–water partition coefficient (Wildman–Crippen LogP) is 4.61. The highest BCUT2D eigenvalue weighted by atomic mass is 35.5. The number of aryl methyl sites for hydroxylation is 1. The van der Waals surface area contributed by atoms with E-state index < -0.39 is 0 Å². The average molecular weight is 280 g/mol. The van der Waals surface area contributed by atoms with E-state index in [1.165, 1.54) is 11.1 Å². The molecule has 1 heterocycles. The van der Waals surface area contributed by atoms with Crippen molar-refractivity contribution in [2.24, 2.45) is 0 Å². The number of aromatic nitrogens is 1. The summed E-state index contributed by atoms with van der Waals surface area (Å²) in [5.41, 5.74) is 3.61. The van der Waals surface area contributed by atoms with Crippen molar-refractivity contribution in [1.29, 1.82) is 0 Å². The third-order valence-electron chi connectivity index (χ3n) is 3.06. The summed E-state index contributed by atoms with van der Waals surface area (Å²) in [4.78, 5) is 4.00. The predicted molar refractivity (Wildman–Crippen MR) is 77.6 cm³/mol. The van der Waals surface area contributed by atoms with Gasteiger partial charge in [-0.2, -0.15) is 0 Å². The zero-order chi connectivity index (χ0) is 13.0. The lowest BCUT2D eigenvalue weighted by Gasteiger charge is -2.15. The van der Waals surface area contributed by atoms with Gasteiger partial charge in [0.15, 0.2) is 0 Å². The molecule has 0 aliphatic heterocycles. The van der Waals surface area contributed by atoms with Crippen LogP contribution in [0.5, 0.6) is 0 Å². The molecule has 2 rings (SSSR count). The van der Waals surface area contributed by atoms with Crippen LogP contribution in [0.3, 0.4) is 0 Å². The molecule has 0 saturated heterocycles. The molecular formula is C15H15Cl2N. The summed E-state index contributed by atoms with van der Waals surface area (Å²) in [6, 6.07) is 10.5. The minimum Gasteiger partial charge on any atom is -0.263 e. The van der Waals surface area contributed by atoms with Crippen molar-refractivity contribution in [3.05, 3.63) is 64.4 Å². The van der Waals surface area contributed by atoms with Gasteiger partial charge in [-0.15, -0.1) is 11.6 Å². The van der Waals surface area contributed by atoms with Crippen LogP contribution in [0.1, 0.15) is 22.6 Å². The zero-order valence-corrected chi connectivity index (χ0v) is 11.7. The summed E-state index contributed by atoms with van der Waals surface area (Å²) in [6.07, 6.45) is 4.28. The molecule has 0 radical (unpaired) electrons. The van der Waals surface area contributed by atoms with E-state index in [9.17, 15) is 0 Å². The molecule has 0 N–H and O–H groups in total. The van der Waals surface area contributed by atoms with Crippen LogP contribution in [-0.4, -0.2) is 10.9 Å². The fraction of sp³-hybridized carbons (Fsp3) is 0.267. The van der Waals surface area contributed by atoms with E-state index in [1.807, 2.05) is 6.07 Å². The highest BCUT2D eigenvalue weighted by molar-refractivity contribution is 6.31. The first-order valence-corrected chi connectivity index (χ1v) is 6.83. The molecule has 1 aromatic heterocycles. The lowest BCUT2D eigenvalue weighted by molar-refractivity contribution is 0.765. The molecule has 0 bridgehead atoms. The summed E-state index contributed by atoms with van der Waals surface area (Å²) >= 11 is 12.2. The summed E-state index contributed by atoms with van der Waals surface area (Å²) in [6.45, 7) is 2.08. The van der Waals surface area contributed by atoms with Crippen LogP contribution in [0.25, 0.3) is 0 Å². The molecule has 1 atom stereocenters. The largest absolute Gasteiger partial charge is 0.263 e. The van der Waals surface area contributed by atoms with Gasteiger partial charge >= 0.3 is 0 Å². The van der Waals surface area contributed by atoms with Crippen molar-refractivity contribution in [3.63, 3.8) is 0 Å². The van der Waals surface area contributed by atoms with Gasteiger partial charge in [-0.1, -0.05) is 41.4 Å². The minimum absolute atomic E-state index is 0.284. The Bertz CT molecular complexity index is 508. The van der Waals surface area contributed by atoms with Crippen LogP contribution < -0.4 is 0 Å². The first kappa shape index (κ1) is 13.4. The molecule has 0 spiro atoms. The highest BCUT2D eigenvalue weighted by Gasteiger charge is 2.13. The molecule has 0 aliphatic carbocycles. The van der Waals surface area contributed by atoms with Crippen molar-refractivity contribution in [2.45, 2.75) is 19.3 Å². The molecule has 1 unspecified atom stereocenters. The molecule has 3 heteroatoms. The van der Waals surface area contributed by atoms with E-state index in [0.29, 0.717) is 10.9 Å². The fourth-order valence-corrected chi connectivity index (χ4v) is 2.42. The standard InChI is InChI=1S/C15H15Cl2N/c1-11-2-4-12(5-3-11)14(9-16)8-13-6-7-18-10-15(13)17/h2-7,10,14H,8-9H2,1H3. The molecule has 2 aromatic rings. The summed E-state index contributed by atoms with van der Waals surface area (Å²) in [5, 5.41) is 0.708. The molecule has 18 heavy (non-hydrogen) atoms. The molecule has 0 saturated carbocycles. The maximum absolute atomic E-state index is 6.13. The van der Waals surface area contributed by atoms with Gasteiger partial charge in [-0.3, -0.25) is 4.98 Å². The average Bonchev–Trinajstić information content (AvgIpc) is 2.39. The number of benzene rings is 1. The van der Waals surface area contributed by atoms with Crippen LogP contribution in [-0.2, 0) is 6.42 Å². The second-order valence-corrected chi connectivity index (χ2v) is 5.15. The Kier molecular flexibility index (Phi) is 4.62. The molecule has 0 amide bonds. The Hall–Kier alpha value is -1.05. The number of hydrogen-bond donors (Lipinski definition) is 0. The lowest BCUT2D eigenvalue weighted by atomic mass is 9.93. The van der Waals surface area contributed by atoms with E-state index >= 15 is 0 Å². The maximum atomic E-state index is 6.13. The second kappa shape index (κ2) is 6.21. The van der Waals surface area contributed by atoms with Gasteiger partial charge < -0.3 is 0 Å². The Labute approximate surface area is 118 Å². The first-order valence-electron chi connectivity index (χ1n) is 5.91. The van der Waals surface area contributed by atoms with Gasteiger partial charge in [0.1, 0.15) is 0 Å². The van der Waals surface area contributed by atoms with Gasteiger partial charge in [-0.25, -0.2) is 0 Å². The normalized spacial score (nSPS) is 12.4. The van der Waals surface area contributed by atoms with Gasteiger partial charge in [0.25, 0.3) is 0 Å². The van der Waals surface area contributed by atoms with Gasteiger partial charge in [0.05, 0.1) is 5.02 Å². The van der Waals surface area contributed by atoms with Crippen LogP contribution >= 0.6 is 23.2 Å². The smallest absolute Gasteiger partial charge is 0.0621 e.